The lowest BCUT2D eigenvalue weighted by atomic mass is 10.4. The second kappa shape index (κ2) is 4.99. The molecule has 0 N–H and O–H groups in total. The lowest BCUT2D eigenvalue weighted by molar-refractivity contribution is 0.625. The fourth-order valence-electron chi connectivity index (χ4n) is 0.938. The first kappa shape index (κ1) is 12.1. The number of nitrogens with zero attached hydrogens (tertiary/aromatic N) is 1. The number of hydrogen-bond acceptors (Lipinski definition) is 1. The molecular weight excluding hydrogens is 178 g/mol. The van der Waals surface area contributed by atoms with E-state index in [1.54, 1.807) is 0 Å². The molecule has 0 spiro atoms. The van der Waals surface area contributed by atoms with Crippen LogP contribution in [0.1, 0.15) is 13.8 Å². The SMILES string of the molecule is CC(C)=C[SiH2]C[Si](C)(C)N(C)C. The van der Waals surface area contributed by atoms with Crippen LogP contribution in [0.25, 0.3) is 0 Å². The first-order chi connectivity index (χ1) is 5.36. The van der Waals surface area contributed by atoms with Gasteiger partial charge in [0.2, 0.25) is 0 Å². The summed E-state index contributed by atoms with van der Waals surface area (Å²) in [5.41, 5.74) is 5.49. The zero-order chi connectivity index (χ0) is 9.78. The van der Waals surface area contributed by atoms with Crippen molar-refractivity contribution in [2.75, 3.05) is 14.1 Å². The van der Waals surface area contributed by atoms with Crippen molar-refractivity contribution in [3.8, 4) is 0 Å². The second-order valence-corrected chi connectivity index (χ2v) is 12.0. The van der Waals surface area contributed by atoms with Gasteiger partial charge in [-0.25, -0.2) is 0 Å². The summed E-state index contributed by atoms with van der Waals surface area (Å²) in [6, 6.07) is 0. The molecule has 0 atom stereocenters. The van der Waals surface area contributed by atoms with Crippen molar-refractivity contribution in [2.24, 2.45) is 0 Å². The standard InChI is InChI=1S/C9H23NSi2/c1-9(2)7-11-8-12(5,6)10(3)4/h7H,8,11H2,1-6H3. The van der Waals surface area contributed by atoms with Crippen molar-refractivity contribution in [3.05, 3.63) is 11.3 Å². The molecule has 0 radical (unpaired) electrons. The molecule has 0 fully saturated rings. The number of rotatable bonds is 4. The third-order valence-electron chi connectivity index (χ3n) is 2.52. The van der Waals surface area contributed by atoms with Gasteiger partial charge in [0.05, 0.1) is 0 Å². The molecule has 3 heteroatoms. The Kier molecular flexibility index (Phi) is 5.05. The van der Waals surface area contributed by atoms with Gasteiger partial charge < -0.3 is 4.57 Å². The molecule has 0 aromatic rings. The third-order valence-corrected chi connectivity index (χ3v) is 12.1. The van der Waals surface area contributed by atoms with E-state index in [9.17, 15) is 0 Å². The van der Waals surface area contributed by atoms with E-state index in [4.69, 9.17) is 0 Å². The van der Waals surface area contributed by atoms with Gasteiger partial charge in [-0.05, 0) is 27.9 Å². The Bertz CT molecular complexity index is 158. The average molecular weight is 201 g/mol. The number of allylic oxidation sites excluding steroid dienone is 1. The summed E-state index contributed by atoms with van der Waals surface area (Å²) < 4.78 is 2.46. The van der Waals surface area contributed by atoms with Crippen LogP contribution in [0.2, 0.25) is 18.8 Å². The zero-order valence-electron chi connectivity index (χ0n) is 9.44. The molecule has 0 saturated heterocycles. The monoisotopic (exact) mass is 201 g/mol. The van der Waals surface area contributed by atoms with Gasteiger partial charge in [0.1, 0.15) is 8.24 Å². The Morgan fingerprint density at radius 1 is 1.33 bits per heavy atom. The van der Waals surface area contributed by atoms with Gasteiger partial charge in [-0.15, -0.1) is 5.70 Å². The highest BCUT2D eigenvalue weighted by Gasteiger charge is 2.22. The van der Waals surface area contributed by atoms with Crippen LogP contribution in [0.3, 0.4) is 0 Å². The summed E-state index contributed by atoms with van der Waals surface area (Å²) in [6.45, 7) is 9.33. The van der Waals surface area contributed by atoms with Crippen molar-refractivity contribution in [2.45, 2.75) is 32.6 Å². The Morgan fingerprint density at radius 3 is 2.17 bits per heavy atom. The van der Waals surface area contributed by atoms with Crippen LogP contribution in [-0.2, 0) is 0 Å². The molecule has 0 heterocycles. The van der Waals surface area contributed by atoms with Gasteiger partial charge in [-0.3, -0.25) is 0 Å². The van der Waals surface area contributed by atoms with Crippen molar-refractivity contribution < 1.29 is 0 Å². The maximum Gasteiger partial charge on any atom is 0.118 e. The number of hydrogen-bond donors (Lipinski definition) is 0. The van der Waals surface area contributed by atoms with E-state index >= 15 is 0 Å². The highest BCUT2D eigenvalue weighted by molar-refractivity contribution is 6.82. The van der Waals surface area contributed by atoms with Crippen LogP contribution in [-0.4, -0.2) is 36.4 Å². The maximum absolute atomic E-state index is 2.48. The van der Waals surface area contributed by atoms with Crippen LogP contribution in [0, 0.1) is 0 Å². The van der Waals surface area contributed by atoms with Crippen LogP contribution < -0.4 is 0 Å². The van der Waals surface area contributed by atoms with Gasteiger partial charge in [0.15, 0.2) is 0 Å². The molecule has 12 heavy (non-hydrogen) atoms. The van der Waals surface area contributed by atoms with Gasteiger partial charge in [0, 0.05) is 9.52 Å². The fourth-order valence-corrected chi connectivity index (χ4v) is 6.71. The molecule has 72 valence electrons. The predicted octanol–water partition coefficient (Wildman–Crippen LogP) is 1.80. The normalized spacial score (nSPS) is 12.9. The van der Waals surface area contributed by atoms with E-state index in [0.29, 0.717) is 0 Å². The smallest absolute Gasteiger partial charge is 0.118 e. The van der Waals surface area contributed by atoms with Crippen LogP contribution in [0.5, 0.6) is 0 Å². The first-order valence-corrected chi connectivity index (χ1v) is 9.64. The quantitative estimate of drug-likeness (QED) is 0.627. The van der Waals surface area contributed by atoms with Gasteiger partial charge in [0.25, 0.3) is 0 Å². The van der Waals surface area contributed by atoms with E-state index in [1.165, 1.54) is 11.2 Å². The molecule has 0 aliphatic carbocycles. The van der Waals surface area contributed by atoms with Crippen molar-refractivity contribution in [3.63, 3.8) is 0 Å². The minimum atomic E-state index is -0.997. The molecule has 0 aliphatic rings. The molecule has 0 amide bonds. The molecule has 0 aromatic carbocycles. The fraction of sp³-hybridized carbons (Fsp3) is 0.778. The lowest BCUT2D eigenvalue weighted by Gasteiger charge is -2.29. The molecule has 0 aromatic heterocycles. The molecule has 0 aliphatic heterocycles. The predicted molar refractivity (Wildman–Crippen MR) is 64.0 cm³/mol. The Labute approximate surface area is 80.8 Å². The third kappa shape index (κ3) is 4.90. The summed E-state index contributed by atoms with van der Waals surface area (Å²) in [5.74, 6) is 0. The van der Waals surface area contributed by atoms with E-state index in [-0.39, 0.29) is 9.52 Å². The molecular formula is C9H23NSi2. The summed E-state index contributed by atoms with van der Waals surface area (Å²) in [4.78, 5) is 0. The lowest BCUT2D eigenvalue weighted by Crippen LogP contribution is -2.44. The van der Waals surface area contributed by atoms with Crippen molar-refractivity contribution >= 4 is 17.8 Å². The minimum absolute atomic E-state index is 0.0749. The first-order valence-electron chi connectivity index (χ1n) is 4.67. The molecule has 0 bridgehead atoms. The van der Waals surface area contributed by atoms with Crippen LogP contribution in [0.15, 0.2) is 11.3 Å². The van der Waals surface area contributed by atoms with E-state index in [0.717, 1.165) is 0 Å². The molecule has 1 nitrogen and oxygen atoms in total. The topological polar surface area (TPSA) is 3.24 Å². The molecule has 0 rings (SSSR count). The van der Waals surface area contributed by atoms with E-state index in [1.807, 2.05) is 0 Å². The van der Waals surface area contributed by atoms with Crippen LogP contribution in [0.4, 0.5) is 0 Å². The highest BCUT2D eigenvalue weighted by atomic mass is 28.4. The largest absolute Gasteiger partial charge is 0.329 e. The van der Waals surface area contributed by atoms with Crippen LogP contribution >= 0.6 is 0 Å². The Morgan fingerprint density at radius 2 is 1.83 bits per heavy atom. The second-order valence-electron chi connectivity index (χ2n) is 4.53. The van der Waals surface area contributed by atoms with Gasteiger partial charge in [-0.1, -0.05) is 24.3 Å². The summed E-state index contributed by atoms with van der Waals surface area (Å²) in [5, 5.41) is 0. The summed E-state index contributed by atoms with van der Waals surface area (Å²) in [6.07, 6.45) is 0. The van der Waals surface area contributed by atoms with Gasteiger partial charge >= 0.3 is 0 Å². The Hall–Kier alpha value is 0.134. The summed E-state index contributed by atoms with van der Waals surface area (Å²) in [7, 11) is 3.53. The Balaban J connectivity index is 3.84. The zero-order valence-corrected chi connectivity index (χ0v) is 11.9. The summed E-state index contributed by atoms with van der Waals surface area (Å²) >= 11 is 0. The minimum Gasteiger partial charge on any atom is -0.329 e. The van der Waals surface area contributed by atoms with Crippen molar-refractivity contribution in [1.29, 1.82) is 0 Å². The van der Waals surface area contributed by atoms with E-state index < -0.39 is 8.24 Å². The highest BCUT2D eigenvalue weighted by Crippen LogP contribution is 2.10. The maximum atomic E-state index is 2.48. The van der Waals surface area contributed by atoms with Crippen molar-refractivity contribution in [1.82, 2.24) is 4.57 Å². The molecule has 0 unspecified atom stereocenters. The average Bonchev–Trinajstić information content (AvgIpc) is 1.85. The van der Waals surface area contributed by atoms with Gasteiger partial charge in [-0.2, -0.15) is 0 Å². The van der Waals surface area contributed by atoms with E-state index in [2.05, 4.69) is 51.3 Å². The molecule has 0 saturated carbocycles.